The molecule has 1 aliphatic carbocycles. The average molecular weight is 344 g/mol. The van der Waals surface area contributed by atoms with Crippen molar-refractivity contribution in [2.24, 2.45) is 5.73 Å². The molecule has 0 aliphatic heterocycles. The van der Waals surface area contributed by atoms with Gasteiger partial charge in [-0.1, -0.05) is 12.2 Å². The lowest BCUT2D eigenvalue weighted by Crippen LogP contribution is -2.34. The largest absolute Gasteiger partial charge is 0.383 e. The monoisotopic (exact) mass is 344 g/mol. The molecule has 0 aromatic carbocycles. The van der Waals surface area contributed by atoms with E-state index in [0.29, 0.717) is 12.2 Å². The van der Waals surface area contributed by atoms with E-state index in [4.69, 9.17) is 11.5 Å². The molecule has 1 aromatic heterocycles. The summed E-state index contributed by atoms with van der Waals surface area (Å²) in [5, 5.41) is 2.98. The van der Waals surface area contributed by atoms with Gasteiger partial charge in [-0.05, 0) is 38.9 Å². The van der Waals surface area contributed by atoms with Crippen LogP contribution in [0.5, 0.6) is 0 Å². The number of hydrogen-bond donors (Lipinski definition) is 3. The van der Waals surface area contributed by atoms with Crippen LogP contribution >= 0.6 is 0 Å². The predicted molar refractivity (Wildman–Crippen MR) is 96.4 cm³/mol. The maximum absolute atomic E-state index is 11.9. The first-order chi connectivity index (χ1) is 11.9. The molecule has 1 atom stereocenters. The summed E-state index contributed by atoms with van der Waals surface area (Å²) in [5.41, 5.74) is 12.0. The fourth-order valence-electron chi connectivity index (χ4n) is 2.53. The number of primary amides is 1. The van der Waals surface area contributed by atoms with Crippen LogP contribution in [0.15, 0.2) is 24.4 Å². The summed E-state index contributed by atoms with van der Waals surface area (Å²) < 4.78 is 0. The normalized spacial score (nSPS) is 17.6. The van der Waals surface area contributed by atoms with Gasteiger partial charge in [-0.3, -0.25) is 9.59 Å². The van der Waals surface area contributed by atoms with E-state index >= 15 is 0 Å². The maximum Gasteiger partial charge on any atom is 0.254 e. The van der Waals surface area contributed by atoms with Crippen LogP contribution in [0.2, 0.25) is 0 Å². The van der Waals surface area contributed by atoms with Gasteiger partial charge in [0.1, 0.15) is 5.82 Å². The SMILES string of the molecule is CN(C)CC=CC(=O)NC1CC=C(c2ncc(C(N)=O)c(N)n2)CC1. The first-order valence-electron chi connectivity index (χ1n) is 8.10. The fraction of sp³-hybridized carbons (Fsp3) is 0.412. The zero-order valence-corrected chi connectivity index (χ0v) is 14.5. The molecular formula is C17H24N6O2. The Kier molecular flexibility index (Phi) is 6.24. The summed E-state index contributed by atoms with van der Waals surface area (Å²) in [6.07, 6.45) is 8.95. The highest BCUT2D eigenvalue weighted by Crippen LogP contribution is 2.25. The van der Waals surface area contributed by atoms with Crippen molar-refractivity contribution in [2.75, 3.05) is 26.4 Å². The first kappa shape index (κ1) is 18.6. The van der Waals surface area contributed by atoms with Gasteiger partial charge in [0.25, 0.3) is 5.91 Å². The molecule has 25 heavy (non-hydrogen) atoms. The van der Waals surface area contributed by atoms with Gasteiger partial charge in [0.05, 0.1) is 5.56 Å². The molecule has 1 aromatic rings. The van der Waals surface area contributed by atoms with Gasteiger partial charge in [0, 0.05) is 24.9 Å². The van der Waals surface area contributed by atoms with Gasteiger partial charge >= 0.3 is 0 Å². The number of allylic oxidation sites excluding steroid dienone is 1. The van der Waals surface area contributed by atoms with Crippen LogP contribution < -0.4 is 16.8 Å². The number of nitrogens with one attached hydrogen (secondary N) is 1. The summed E-state index contributed by atoms with van der Waals surface area (Å²) >= 11 is 0. The third kappa shape index (κ3) is 5.39. The number of nitrogen functional groups attached to an aromatic ring is 1. The Balaban J connectivity index is 1.94. The van der Waals surface area contributed by atoms with Crippen molar-refractivity contribution in [1.29, 1.82) is 0 Å². The highest BCUT2D eigenvalue weighted by molar-refractivity contribution is 5.96. The van der Waals surface area contributed by atoms with Crippen molar-refractivity contribution >= 4 is 23.2 Å². The van der Waals surface area contributed by atoms with Crippen molar-refractivity contribution in [3.8, 4) is 0 Å². The van der Waals surface area contributed by atoms with Crippen LogP contribution in [0, 0.1) is 0 Å². The summed E-state index contributed by atoms with van der Waals surface area (Å²) in [6.45, 7) is 0.724. The molecule has 134 valence electrons. The molecule has 2 rings (SSSR count). The van der Waals surface area contributed by atoms with Crippen molar-refractivity contribution in [3.05, 3.63) is 35.8 Å². The van der Waals surface area contributed by atoms with Gasteiger partial charge in [-0.15, -0.1) is 0 Å². The molecule has 1 unspecified atom stereocenters. The minimum atomic E-state index is -0.647. The number of carbonyl (C=O) groups excluding carboxylic acids is 2. The van der Waals surface area contributed by atoms with Crippen LogP contribution in [0.4, 0.5) is 5.82 Å². The van der Waals surface area contributed by atoms with E-state index in [1.165, 1.54) is 6.20 Å². The lowest BCUT2D eigenvalue weighted by molar-refractivity contribution is -0.117. The van der Waals surface area contributed by atoms with Crippen LogP contribution in [-0.2, 0) is 4.79 Å². The van der Waals surface area contributed by atoms with Crippen LogP contribution in [0.25, 0.3) is 5.57 Å². The predicted octanol–water partition coefficient (Wildman–Crippen LogP) is 0.328. The minimum Gasteiger partial charge on any atom is -0.383 e. The summed E-state index contributed by atoms with van der Waals surface area (Å²) in [5.74, 6) is -0.153. The Bertz CT molecular complexity index is 711. The number of nitrogens with two attached hydrogens (primary N) is 2. The Hall–Kier alpha value is -2.74. The topological polar surface area (TPSA) is 127 Å². The highest BCUT2D eigenvalue weighted by Gasteiger charge is 2.19. The Morgan fingerprint density at radius 3 is 2.76 bits per heavy atom. The Morgan fingerprint density at radius 2 is 2.20 bits per heavy atom. The van der Waals surface area contributed by atoms with E-state index in [1.807, 2.05) is 31.1 Å². The second kappa shape index (κ2) is 8.39. The van der Waals surface area contributed by atoms with Crippen LogP contribution in [0.1, 0.15) is 35.4 Å². The molecule has 8 nitrogen and oxygen atoms in total. The number of amides is 2. The Morgan fingerprint density at radius 1 is 1.44 bits per heavy atom. The van der Waals surface area contributed by atoms with Gasteiger partial charge in [0.15, 0.2) is 5.82 Å². The molecular weight excluding hydrogens is 320 g/mol. The average Bonchev–Trinajstić information content (AvgIpc) is 2.54. The number of likely N-dealkylation sites (N-methyl/N-ethyl adjacent to an activating group) is 1. The lowest BCUT2D eigenvalue weighted by atomic mass is 9.94. The molecule has 0 bridgehead atoms. The maximum atomic E-state index is 11.9. The number of nitrogens with zero attached hydrogens (tertiary/aromatic N) is 3. The fourth-order valence-corrected chi connectivity index (χ4v) is 2.53. The summed E-state index contributed by atoms with van der Waals surface area (Å²) in [7, 11) is 3.89. The minimum absolute atomic E-state index is 0.0832. The summed E-state index contributed by atoms with van der Waals surface area (Å²) in [4.78, 5) is 33.3. The third-order valence-electron chi connectivity index (χ3n) is 3.87. The number of rotatable bonds is 6. The smallest absolute Gasteiger partial charge is 0.254 e. The van der Waals surface area contributed by atoms with Crippen molar-refractivity contribution < 1.29 is 9.59 Å². The molecule has 8 heteroatoms. The molecule has 0 fully saturated rings. The van der Waals surface area contributed by atoms with E-state index in [0.717, 1.165) is 25.0 Å². The number of hydrogen-bond acceptors (Lipinski definition) is 6. The van der Waals surface area contributed by atoms with E-state index in [9.17, 15) is 9.59 Å². The second-order valence-corrected chi connectivity index (χ2v) is 6.23. The number of carbonyl (C=O) groups is 2. The van der Waals surface area contributed by atoms with E-state index < -0.39 is 5.91 Å². The number of aromatic nitrogens is 2. The Labute approximate surface area is 147 Å². The standard InChI is InChI=1S/C17H24N6O2/c1-23(2)9-3-4-14(24)21-12-7-5-11(6-8-12)17-20-10-13(16(19)25)15(18)22-17/h3-5,10,12H,6-9H2,1-2H3,(H2,19,25)(H,21,24)(H2,18,20,22). The van der Waals surface area contributed by atoms with Crippen molar-refractivity contribution in [3.63, 3.8) is 0 Å². The molecule has 1 heterocycles. The number of anilines is 1. The molecule has 2 amide bonds. The summed E-state index contributed by atoms with van der Waals surface area (Å²) in [6, 6.07) is 0.0856. The highest BCUT2D eigenvalue weighted by atomic mass is 16.1. The second-order valence-electron chi connectivity index (χ2n) is 6.23. The quantitative estimate of drug-likeness (QED) is 0.638. The van der Waals surface area contributed by atoms with E-state index in [2.05, 4.69) is 15.3 Å². The van der Waals surface area contributed by atoms with Crippen LogP contribution in [0.3, 0.4) is 0 Å². The zero-order chi connectivity index (χ0) is 18.4. The molecule has 5 N–H and O–H groups in total. The van der Waals surface area contributed by atoms with Crippen LogP contribution in [-0.4, -0.2) is 53.4 Å². The zero-order valence-electron chi connectivity index (χ0n) is 14.5. The van der Waals surface area contributed by atoms with Crippen molar-refractivity contribution in [2.45, 2.75) is 25.3 Å². The van der Waals surface area contributed by atoms with Gasteiger partial charge < -0.3 is 21.7 Å². The van der Waals surface area contributed by atoms with Gasteiger partial charge in [-0.2, -0.15) is 0 Å². The molecule has 1 aliphatic rings. The third-order valence-corrected chi connectivity index (χ3v) is 3.87. The van der Waals surface area contributed by atoms with Gasteiger partial charge in [0.2, 0.25) is 5.91 Å². The molecule has 0 saturated carbocycles. The first-order valence-corrected chi connectivity index (χ1v) is 8.10. The molecule has 0 saturated heterocycles. The van der Waals surface area contributed by atoms with Gasteiger partial charge in [-0.25, -0.2) is 9.97 Å². The molecule has 0 spiro atoms. The van der Waals surface area contributed by atoms with E-state index in [-0.39, 0.29) is 23.3 Å². The molecule has 0 radical (unpaired) electrons. The van der Waals surface area contributed by atoms with E-state index in [1.54, 1.807) is 6.08 Å². The lowest BCUT2D eigenvalue weighted by Gasteiger charge is -2.22. The van der Waals surface area contributed by atoms with Crippen molar-refractivity contribution in [1.82, 2.24) is 20.2 Å².